The summed E-state index contributed by atoms with van der Waals surface area (Å²) in [5.74, 6) is 0.612. The number of amidine groups is 1. The summed E-state index contributed by atoms with van der Waals surface area (Å²) in [6.07, 6.45) is 1.42. The van der Waals surface area contributed by atoms with Gasteiger partial charge >= 0.3 is 5.97 Å². The summed E-state index contributed by atoms with van der Waals surface area (Å²) in [5, 5.41) is 0. The first-order valence-corrected chi connectivity index (χ1v) is 7.27. The minimum Gasteiger partial charge on any atom is -0.494 e. The second kappa shape index (κ2) is 7.98. The van der Waals surface area contributed by atoms with Gasteiger partial charge in [0.05, 0.1) is 19.8 Å². The van der Waals surface area contributed by atoms with E-state index in [9.17, 15) is 4.79 Å². The summed E-state index contributed by atoms with van der Waals surface area (Å²) in [6, 6.07) is 15.0. The molecule has 0 saturated carbocycles. The van der Waals surface area contributed by atoms with E-state index in [4.69, 9.17) is 15.2 Å². The van der Waals surface area contributed by atoms with Crippen LogP contribution >= 0.6 is 0 Å². The van der Waals surface area contributed by atoms with Crippen LogP contribution in [0, 0.1) is 0 Å². The lowest BCUT2D eigenvalue weighted by Crippen LogP contribution is -2.12. The number of rotatable bonds is 6. The van der Waals surface area contributed by atoms with Crippen LogP contribution in [0.15, 0.2) is 53.5 Å². The average molecular weight is 312 g/mol. The van der Waals surface area contributed by atoms with Crippen LogP contribution in [0.4, 0.5) is 5.69 Å². The molecule has 0 unspecified atom stereocenters. The first-order valence-electron chi connectivity index (χ1n) is 7.27. The number of aliphatic imine (C=N–C) groups is 1. The van der Waals surface area contributed by atoms with Crippen molar-refractivity contribution in [2.45, 2.75) is 12.8 Å². The van der Waals surface area contributed by atoms with Gasteiger partial charge in [0.1, 0.15) is 17.3 Å². The molecule has 2 rings (SSSR count). The Kier molecular flexibility index (Phi) is 5.74. The highest BCUT2D eigenvalue weighted by Crippen LogP contribution is 2.29. The van der Waals surface area contributed by atoms with E-state index in [1.807, 2.05) is 30.3 Å². The minimum absolute atomic E-state index is 0.405. The summed E-state index contributed by atoms with van der Waals surface area (Å²) < 4.78 is 9.98. The minimum atomic E-state index is -0.424. The quantitative estimate of drug-likeness (QED) is 0.505. The van der Waals surface area contributed by atoms with Crippen molar-refractivity contribution in [3.63, 3.8) is 0 Å². The van der Waals surface area contributed by atoms with E-state index in [2.05, 4.69) is 4.99 Å². The Morgan fingerprint density at radius 1 is 1.13 bits per heavy atom. The molecule has 5 heteroatoms. The normalized spacial score (nSPS) is 11.1. The molecular formula is C18H20N2O3. The number of carbonyl (C=O) groups excluding carboxylic acids is 1. The monoisotopic (exact) mass is 312 g/mol. The molecule has 0 amide bonds. The van der Waals surface area contributed by atoms with Crippen molar-refractivity contribution < 1.29 is 14.3 Å². The molecule has 0 saturated heterocycles. The molecule has 120 valence electrons. The summed E-state index contributed by atoms with van der Waals surface area (Å²) >= 11 is 0. The van der Waals surface area contributed by atoms with Crippen molar-refractivity contribution in [2.75, 3.05) is 14.2 Å². The molecule has 0 aliphatic heterocycles. The lowest BCUT2D eigenvalue weighted by atomic mass is 10.1. The third kappa shape index (κ3) is 4.57. The molecule has 0 spiro atoms. The Labute approximate surface area is 135 Å². The number of hydrogen-bond donors (Lipinski definition) is 1. The van der Waals surface area contributed by atoms with Crippen molar-refractivity contribution in [3.8, 4) is 5.75 Å². The lowest BCUT2D eigenvalue weighted by Gasteiger charge is -2.08. The highest BCUT2D eigenvalue weighted by Gasteiger charge is 2.10. The van der Waals surface area contributed by atoms with Gasteiger partial charge in [0, 0.05) is 6.42 Å². The Morgan fingerprint density at radius 2 is 1.87 bits per heavy atom. The number of benzene rings is 2. The summed E-state index contributed by atoms with van der Waals surface area (Å²) in [5.41, 5.74) is 8.13. The standard InChI is InChI=1S/C18H20N2O3/c1-22-16-10-9-14(18(21)23-2)12-15(16)20-17(19)11-8-13-6-4-3-5-7-13/h3-7,9-10,12H,8,11H2,1-2H3,(H2,19,20). The molecule has 2 aromatic rings. The number of aryl methyl sites for hydroxylation is 1. The van der Waals surface area contributed by atoms with Gasteiger partial charge in [0.2, 0.25) is 0 Å². The molecule has 2 aromatic carbocycles. The Balaban J connectivity index is 2.17. The van der Waals surface area contributed by atoms with Crippen LogP contribution in [0.2, 0.25) is 0 Å². The molecule has 0 aliphatic carbocycles. The summed E-state index contributed by atoms with van der Waals surface area (Å²) in [7, 11) is 2.88. The Hall–Kier alpha value is -2.82. The Morgan fingerprint density at radius 3 is 2.52 bits per heavy atom. The zero-order chi connectivity index (χ0) is 16.7. The van der Waals surface area contributed by atoms with Crippen LogP contribution in [-0.4, -0.2) is 26.0 Å². The van der Waals surface area contributed by atoms with Crippen LogP contribution < -0.4 is 10.5 Å². The molecule has 0 heterocycles. The number of nitrogens with two attached hydrogens (primary N) is 1. The highest BCUT2D eigenvalue weighted by atomic mass is 16.5. The fraction of sp³-hybridized carbons (Fsp3) is 0.222. The van der Waals surface area contributed by atoms with Gasteiger partial charge in [-0.3, -0.25) is 0 Å². The molecule has 5 nitrogen and oxygen atoms in total. The third-order valence-corrected chi connectivity index (χ3v) is 3.38. The smallest absolute Gasteiger partial charge is 0.337 e. The first kappa shape index (κ1) is 16.5. The van der Waals surface area contributed by atoms with Gasteiger partial charge in [0.15, 0.2) is 0 Å². The molecule has 0 aliphatic rings. The highest BCUT2D eigenvalue weighted by molar-refractivity contribution is 5.92. The fourth-order valence-corrected chi connectivity index (χ4v) is 2.15. The molecule has 0 radical (unpaired) electrons. The van der Waals surface area contributed by atoms with E-state index in [0.717, 1.165) is 6.42 Å². The van der Waals surface area contributed by atoms with E-state index < -0.39 is 5.97 Å². The fourth-order valence-electron chi connectivity index (χ4n) is 2.15. The van der Waals surface area contributed by atoms with Gasteiger partial charge in [-0.1, -0.05) is 30.3 Å². The zero-order valence-corrected chi connectivity index (χ0v) is 13.3. The first-order chi connectivity index (χ1) is 11.1. The zero-order valence-electron chi connectivity index (χ0n) is 13.3. The van der Waals surface area contributed by atoms with E-state index in [1.54, 1.807) is 25.3 Å². The molecule has 0 aromatic heterocycles. The SMILES string of the molecule is COC(=O)c1ccc(OC)c(N=C(N)CCc2ccccc2)c1. The van der Waals surface area contributed by atoms with Gasteiger partial charge in [-0.25, -0.2) is 9.79 Å². The maximum atomic E-state index is 11.6. The van der Waals surface area contributed by atoms with E-state index >= 15 is 0 Å². The average Bonchev–Trinajstić information content (AvgIpc) is 2.60. The van der Waals surface area contributed by atoms with Crippen molar-refractivity contribution >= 4 is 17.5 Å². The molecule has 0 fully saturated rings. The molecule has 0 bridgehead atoms. The number of carbonyl (C=O) groups is 1. The van der Waals surface area contributed by atoms with Crippen molar-refractivity contribution in [1.29, 1.82) is 0 Å². The van der Waals surface area contributed by atoms with Gasteiger partial charge in [0.25, 0.3) is 0 Å². The predicted octanol–water partition coefficient (Wildman–Crippen LogP) is 3.10. The number of hydrogen-bond acceptors (Lipinski definition) is 4. The van der Waals surface area contributed by atoms with Crippen LogP contribution in [0.3, 0.4) is 0 Å². The second-order valence-corrected chi connectivity index (χ2v) is 4.97. The second-order valence-electron chi connectivity index (χ2n) is 4.97. The topological polar surface area (TPSA) is 73.9 Å². The van der Waals surface area contributed by atoms with E-state index in [-0.39, 0.29) is 0 Å². The van der Waals surface area contributed by atoms with Gasteiger partial charge in [-0.05, 0) is 30.2 Å². The number of methoxy groups -OCH3 is 2. The van der Waals surface area contributed by atoms with Gasteiger partial charge < -0.3 is 15.2 Å². The number of esters is 1. The van der Waals surface area contributed by atoms with Gasteiger partial charge in [-0.15, -0.1) is 0 Å². The van der Waals surface area contributed by atoms with Crippen molar-refractivity contribution in [1.82, 2.24) is 0 Å². The van der Waals surface area contributed by atoms with Gasteiger partial charge in [-0.2, -0.15) is 0 Å². The third-order valence-electron chi connectivity index (χ3n) is 3.38. The van der Waals surface area contributed by atoms with E-state index in [0.29, 0.717) is 29.3 Å². The lowest BCUT2D eigenvalue weighted by molar-refractivity contribution is 0.0600. The number of nitrogens with zero attached hydrogens (tertiary/aromatic N) is 1. The largest absolute Gasteiger partial charge is 0.494 e. The maximum Gasteiger partial charge on any atom is 0.337 e. The molecular weight excluding hydrogens is 292 g/mol. The summed E-state index contributed by atoms with van der Waals surface area (Å²) in [6.45, 7) is 0. The number of ether oxygens (including phenoxy) is 2. The van der Waals surface area contributed by atoms with Crippen LogP contribution in [0.5, 0.6) is 5.75 Å². The molecule has 2 N–H and O–H groups in total. The predicted molar refractivity (Wildman–Crippen MR) is 90.4 cm³/mol. The van der Waals surface area contributed by atoms with Crippen LogP contribution in [0.1, 0.15) is 22.3 Å². The van der Waals surface area contributed by atoms with Crippen molar-refractivity contribution in [2.24, 2.45) is 10.7 Å². The molecule has 0 atom stereocenters. The van der Waals surface area contributed by atoms with Crippen LogP contribution in [0.25, 0.3) is 0 Å². The Bertz CT molecular complexity index is 697. The van der Waals surface area contributed by atoms with E-state index in [1.165, 1.54) is 12.7 Å². The summed E-state index contributed by atoms with van der Waals surface area (Å²) in [4.78, 5) is 16.0. The maximum absolute atomic E-state index is 11.6. The van der Waals surface area contributed by atoms with Crippen LogP contribution in [-0.2, 0) is 11.2 Å². The molecule has 23 heavy (non-hydrogen) atoms. The van der Waals surface area contributed by atoms with Crippen molar-refractivity contribution in [3.05, 3.63) is 59.7 Å².